The van der Waals surface area contributed by atoms with Crippen LogP contribution in [0, 0.1) is 0 Å². The van der Waals surface area contributed by atoms with Crippen molar-refractivity contribution in [1.82, 2.24) is 13.9 Å². The van der Waals surface area contributed by atoms with E-state index in [-0.39, 0.29) is 48.4 Å². The number of carboxylic acid groups (broad SMARTS) is 1. The third-order valence-electron chi connectivity index (χ3n) is 8.41. The van der Waals surface area contributed by atoms with Crippen molar-refractivity contribution in [2.45, 2.75) is 46.8 Å². The zero-order chi connectivity index (χ0) is 31.7. The summed E-state index contributed by atoms with van der Waals surface area (Å²) in [5, 5.41) is 20.5. The van der Waals surface area contributed by atoms with Gasteiger partial charge in [0.1, 0.15) is 30.8 Å². The van der Waals surface area contributed by atoms with Crippen molar-refractivity contribution in [3.63, 3.8) is 0 Å². The molecule has 3 aliphatic heterocycles. The fourth-order valence-corrected chi connectivity index (χ4v) is 8.07. The van der Waals surface area contributed by atoms with Crippen LogP contribution >= 0.6 is 0 Å². The van der Waals surface area contributed by atoms with E-state index in [2.05, 4.69) is 4.72 Å². The van der Waals surface area contributed by atoms with E-state index in [1.165, 1.54) is 35.6 Å². The highest BCUT2D eigenvalue weighted by Crippen LogP contribution is 2.40. The number of fused-ring (bicyclic) bond motifs is 1. The molecule has 0 aromatic heterocycles. The second-order valence-electron chi connectivity index (χ2n) is 11.2. The molecule has 2 atom stereocenters. The molecule has 2 fully saturated rings. The first-order valence-electron chi connectivity index (χ1n) is 14.3. The van der Waals surface area contributed by atoms with Crippen molar-refractivity contribution in [3.8, 4) is 11.5 Å². The van der Waals surface area contributed by atoms with Gasteiger partial charge in [0.15, 0.2) is 0 Å². The second-order valence-corrected chi connectivity index (χ2v) is 15.1. The number of hydrogen-bond donors (Lipinski definition) is 3. The van der Waals surface area contributed by atoms with Crippen LogP contribution in [0.3, 0.4) is 0 Å². The van der Waals surface area contributed by atoms with Crippen LogP contribution in [0.25, 0.3) is 0 Å². The van der Waals surface area contributed by atoms with E-state index >= 15 is 0 Å². The maximum Gasteiger partial charge on any atom is 0.407 e. The molecule has 16 heteroatoms. The lowest BCUT2D eigenvalue weighted by Gasteiger charge is -2.38. The number of amides is 1. The van der Waals surface area contributed by atoms with E-state index in [1.54, 1.807) is 18.2 Å². The molecule has 3 N–H and O–H groups in total. The number of aliphatic hydroxyl groups excluding tert-OH is 1. The molecule has 2 aromatic carbocycles. The molecular weight excluding hydrogens is 616 g/mol. The van der Waals surface area contributed by atoms with Gasteiger partial charge in [-0.3, -0.25) is 0 Å². The van der Waals surface area contributed by atoms with Crippen LogP contribution in [0.15, 0.2) is 52.3 Å². The van der Waals surface area contributed by atoms with Crippen molar-refractivity contribution in [2.75, 3.05) is 65.0 Å². The summed E-state index contributed by atoms with van der Waals surface area (Å²) >= 11 is 0. The number of likely N-dealkylation sites (N-methyl/N-ethyl adjacent to an activating group) is 1. The molecule has 242 valence electrons. The Bertz CT molecular complexity index is 1580. The maximum absolute atomic E-state index is 13.5. The number of nitrogens with zero attached hydrogens (tertiary/aromatic N) is 3. The summed E-state index contributed by atoms with van der Waals surface area (Å²) in [4.78, 5) is 15.4. The van der Waals surface area contributed by atoms with E-state index in [4.69, 9.17) is 14.2 Å². The van der Waals surface area contributed by atoms with E-state index < -0.39 is 43.9 Å². The molecule has 5 rings (SSSR count). The normalized spacial score (nSPS) is 21.0. The third kappa shape index (κ3) is 6.74. The van der Waals surface area contributed by atoms with Crippen molar-refractivity contribution < 1.29 is 46.1 Å². The fourth-order valence-electron chi connectivity index (χ4n) is 5.85. The largest absolute Gasteiger partial charge is 0.491 e. The lowest BCUT2D eigenvalue weighted by Crippen LogP contribution is -2.48. The first-order chi connectivity index (χ1) is 20.8. The second kappa shape index (κ2) is 12.7. The molecule has 3 aliphatic rings. The average Bonchev–Trinajstić information content (AvgIpc) is 3.41. The van der Waals surface area contributed by atoms with Gasteiger partial charge in [0, 0.05) is 26.2 Å². The molecule has 1 amide bonds. The van der Waals surface area contributed by atoms with Crippen molar-refractivity contribution in [2.24, 2.45) is 0 Å². The molecule has 0 aliphatic carbocycles. The van der Waals surface area contributed by atoms with Gasteiger partial charge in [-0.15, -0.1) is 0 Å². The van der Waals surface area contributed by atoms with E-state index in [1.807, 2.05) is 11.9 Å². The number of benzene rings is 2. The monoisotopic (exact) mass is 654 g/mol. The van der Waals surface area contributed by atoms with Gasteiger partial charge >= 0.3 is 6.09 Å². The minimum atomic E-state index is -3.76. The molecule has 1 spiro atoms. The van der Waals surface area contributed by atoms with Crippen LogP contribution in [0.5, 0.6) is 11.5 Å². The van der Waals surface area contributed by atoms with Crippen LogP contribution < -0.4 is 19.1 Å². The Kier molecular flexibility index (Phi) is 9.30. The van der Waals surface area contributed by atoms with Crippen molar-refractivity contribution >= 4 is 31.8 Å². The third-order valence-corrected chi connectivity index (χ3v) is 11.7. The summed E-state index contributed by atoms with van der Waals surface area (Å²) in [6, 6.07) is 10.1. The first kappa shape index (κ1) is 32.2. The molecule has 0 saturated carbocycles. The average molecular weight is 655 g/mol. The number of nitrogens with one attached hydrogen (secondary N) is 1. The van der Waals surface area contributed by atoms with Crippen LogP contribution in [0.2, 0.25) is 0 Å². The maximum atomic E-state index is 13.5. The number of hydrogen-bond acceptors (Lipinski definition) is 10. The highest BCUT2D eigenvalue weighted by molar-refractivity contribution is 7.89. The lowest BCUT2D eigenvalue weighted by molar-refractivity contribution is -0.0319. The Balaban J connectivity index is 1.17. The van der Waals surface area contributed by atoms with Crippen LogP contribution in [-0.4, -0.2) is 120 Å². The smallest absolute Gasteiger partial charge is 0.407 e. The summed E-state index contributed by atoms with van der Waals surface area (Å²) < 4.78 is 72.0. The van der Waals surface area contributed by atoms with Gasteiger partial charge in [-0.25, -0.2) is 26.4 Å². The number of carbonyl (C=O) groups is 1. The molecule has 14 nitrogen and oxygen atoms in total. The number of sulfonamides is 2. The summed E-state index contributed by atoms with van der Waals surface area (Å²) in [5.41, 5.74) is 0.0546. The standard InChI is InChI=1S/C28H38N4O10S2/c1-29-43(36,37)23-5-3-4-22(14-23)41-19-21(33)17-32(27(34)35)20-16-28(42-18-20)8-10-31(11-9-28)44(38,39)24-6-7-26-25(15-24)30(2)12-13-40-26/h3-7,14-15,20-21,29,33H,8-13,16-19H2,1-2H3,(H,34,35). The zero-order valence-corrected chi connectivity index (χ0v) is 26.2. The zero-order valence-electron chi connectivity index (χ0n) is 24.6. The number of aliphatic hydroxyl groups is 1. The Morgan fingerprint density at radius 3 is 2.59 bits per heavy atom. The molecule has 2 aromatic rings. The predicted molar refractivity (Wildman–Crippen MR) is 159 cm³/mol. The minimum absolute atomic E-state index is 0.00344. The number of rotatable bonds is 10. The molecular formula is C28H38N4O10S2. The van der Waals surface area contributed by atoms with Gasteiger partial charge in [-0.05, 0) is 56.6 Å². The summed E-state index contributed by atoms with van der Waals surface area (Å²) in [7, 11) is -4.26. The first-order valence-corrected chi connectivity index (χ1v) is 17.2. The SMILES string of the molecule is CNS(=O)(=O)c1cccc(OCC(O)CN(C(=O)O)C2COC3(CCN(S(=O)(=O)c4ccc5c(c4)N(C)CCO5)CC3)C2)c1. The van der Waals surface area contributed by atoms with Gasteiger partial charge in [0.25, 0.3) is 0 Å². The number of ether oxygens (including phenoxy) is 3. The number of anilines is 1. The fraction of sp³-hybridized carbons (Fsp3) is 0.536. The quantitative estimate of drug-likeness (QED) is 0.335. The van der Waals surface area contributed by atoms with Crippen LogP contribution in [0.1, 0.15) is 19.3 Å². The molecule has 0 radical (unpaired) electrons. The van der Waals surface area contributed by atoms with Crippen LogP contribution in [0.4, 0.5) is 10.5 Å². The number of piperidine rings is 1. The van der Waals surface area contributed by atoms with Gasteiger partial charge < -0.3 is 34.2 Å². The predicted octanol–water partition coefficient (Wildman–Crippen LogP) is 1.16. The summed E-state index contributed by atoms with van der Waals surface area (Å²) in [6.45, 7) is 1.27. The Hall–Kier alpha value is -3.15. The van der Waals surface area contributed by atoms with Crippen molar-refractivity contribution in [1.29, 1.82) is 0 Å². The molecule has 2 unspecified atom stereocenters. The van der Waals surface area contributed by atoms with E-state index in [0.29, 0.717) is 38.2 Å². The van der Waals surface area contributed by atoms with E-state index in [0.717, 1.165) is 10.6 Å². The summed E-state index contributed by atoms with van der Waals surface area (Å²) in [6.07, 6.45) is -1.24. The van der Waals surface area contributed by atoms with Gasteiger partial charge in [-0.2, -0.15) is 4.31 Å². The van der Waals surface area contributed by atoms with Gasteiger partial charge in [0.05, 0.1) is 46.8 Å². The molecule has 2 saturated heterocycles. The molecule has 3 heterocycles. The highest BCUT2D eigenvalue weighted by atomic mass is 32.2. The highest BCUT2D eigenvalue weighted by Gasteiger charge is 2.47. The van der Waals surface area contributed by atoms with Crippen molar-refractivity contribution in [3.05, 3.63) is 42.5 Å². The van der Waals surface area contributed by atoms with Gasteiger partial charge in [0.2, 0.25) is 20.0 Å². The summed E-state index contributed by atoms with van der Waals surface area (Å²) in [5.74, 6) is 0.859. The lowest BCUT2D eigenvalue weighted by atomic mass is 9.88. The topological polar surface area (TPSA) is 175 Å². The van der Waals surface area contributed by atoms with E-state index in [9.17, 15) is 31.8 Å². The van der Waals surface area contributed by atoms with Gasteiger partial charge in [-0.1, -0.05) is 6.07 Å². The minimum Gasteiger partial charge on any atom is -0.491 e. The molecule has 0 bridgehead atoms. The molecule has 44 heavy (non-hydrogen) atoms. The Morgan fingerprint density at radius 1 is 1.14 bits per heavy atom. The Morgan fingerprint density at radius 2 is 1.89 bits per heavy atom. The van der Waals surface area contributed by atoms with Crippen LogP contribution in [-0.2, 0) is 24.8 Å². The Labute approximate surface area is 257 Å².